The average molecular weight is 258 g/mol. The quantitative estimate of drug-likeness (QED) is 0.649. The number of nitrogens with two attached hydrogens (primary N) is 1. The first-order valence-corrected chi connectivity index (χ1v) is 5.80. The molecule has 0 saturated carbocycles. The van der Waals surface area contributed by atoms with Gasteiger partial charge in [-0.3, -0.25) is 10.1 Å². The van der Waals surface area contributed by atoms with Crippen molar-refractivity contribution in [2.24, 2.45) is 0 Å². The van der Waals surface area contributed by atoms with Crippen LogP contribution in [0.3, 0.4) is 0 Å². The molecule has 19 heavy (non-hydrogen) atoms. The van der Waals surface area contributed by atoms with Crippen LogP contribution in [0.4, 0.5) is 17.3 Å². The molecule has 6 nitrogen and oxygen atoms in total. The molecule has 2 rings (SSSR count). The molecular formula is C13H14N4O2. The molecule has 1 unspecified atom stereocenters. The summed E-state index contributed by atoms with van der Waals surface area (Å²) in [6.45, 7) is 1.98. The topological polar surface area (TPSA) is 94.1 Å². The van der Waals surface area contributed by atoms with Crippen molar-refractivity contribution < 1.29 is 4.92 Å². The molecule has 0 radical (unpaired) electrons. The number of rotatable bonds is 4. The van der Waals surface area contributed by atoms with Crippen LogP contribution in [0, 0.1) is 10.1 Å². The number of hydrogen-bond donors (Lipinski definition) is 2. The molecule has 0 spiro atoms. The monoisotopic (exact) mass is 258 g/mol. The summed E-state index contributed by atoms with van der Waals surface area (Å²) in [5.74, 6) is 0.426. The Kier molecular flexibility index (Phi) is 3.61. The molecule has 0 aliphatic rings. The molecule has 2 aromatic rings. The highest BCUT2D eigenvalue weighted by Gasteiger charge is 2.13. The van der Waals surface area contributed by atoms with Crippen LogP contribution in [0.15, 0.2) is 42.5 Å². The highest BCUT2D eigenvalue weighted by Crippen LogP contribution is 2.23. The summed E-state index contributed by atoms with van der Waals surface area (Å²) in [7, 11) is 0. The van der Waals surface area contributed by atoms with E-state index in [0.29, 0.717) is 5.82 Å². The van der Waals surface area contributed by atoms with Crippen molar-refractivity contribution in [1.29, 1.82) is 0 Å². The summed E-state index contributed by atoms with van der Waals surface area (Å²) in [4.78, 5) is 14.1. The maximum Gasteiger partial charge on any atom is 0.311 e. The van der Waals surface area contributed by atoms with Crippen molar-refractivity contribution >= 4 is 17.3 Å². The second-order valence-electron chi connectivity index (χ2n) is 4.13. The molecule has 0 aliphatic heterocycles. The molecule has 1 atom stereocenters. The zero-order valence-electron chi connectivity index (χ0n) is 10.4. The first-order valence-electron chi connectivity index (χ1n) is 5.80. The standard InChI is InChI=1S/C13H14N4O2/c1-9(10-5-3-2-4-6-10)15-12-8-7-11(17(18)19)13(14)16-12/h2-9H,1H3,(H3,14,15,16). The number of nitrogens with one attached hydrogen (secondary N) is 1. The van der Waals surface area contributed by atoms with Crippen molar-refractivity contribution in [3.05, 3.63) is 58.1 Å². The average Bonchev–Trinajstić information content (AvgIpc) is 2.39. The number of pyridine rings is 1. The van der Waals surface area contributed by atoms with E-state index in [1.807, 2.05) is 37.3 Å². The van der Waals surface area contributed by atoms with Gasteiger partial charge in [-0.05, 0) is 18.6 Å². The van der Waals surface area contributed by atoms with E-state index in [1.54, 1.807) is 6.07 Å². The first kappa shape index (κ1) is 12.8. The molecule has 98 valence electrons. The maximum atomic E-state index is 10.6. The Bertz CT molecular complexity index is 586. The zero-order chi connectivity index (χ0) is 13.8. The van der Waals surface area contributed by atoms with Crippen molar-refractivity contribution in [3.8, 4) is 0 Å². The van der Waals surface area contributed by atoms with Crippen LogP contribution < -0.4 is 11.1 Å². The highest BCUT2D eigenvalue weighted by atomic mass is 16.6. The summed E-state index contributed by atoms with van der Waals surface area (Å²) in [5.41, 5.74) is 6.46. The van der Waals surface area contributed by atoms with E-state index in [0.717, 1.165) is 5.56 Å². The van der Waals surface area contributed by atoms with Gasteiger partial charge in [0.15, 0.2) is 0 Å². The second-order valence-corrected chi connectivity index (χ2v) is 4.13. The van der Waals surface area contributed by atoms with Crippen LogP contribution in [-0.2, 0) is 0 Å². The van der Waals surface area contributed by atoms with Crippen molar-refractivity contribution in [1.82, 2.24) is 4.98 Å². The van der Waals surface area contributed by atoms with Gasteiger partial charge < -0.3 is 11.1 Å². The zero-order valence-corrected chi connectivity index (χ0v) is 10.4. The summed E-state index contributed by atoms with van der Waals surface area (Å²) in [6.07, 6.45) is 0. The van der Waals surface area contributed by atoms with Gasteiger partial charge in [-0.2, -0.15) is 0 Å². The summed E-state index contributed by atoms with van der Waals surface area (Å²) in [5, 5.41) is 13.8. The Morgan fingerprint density at radius 2 is 1.95 bits per heavy atom. The Morgan fingerprint density at radius 1 is 1.26 bits per heavy atom. The third-order valence-corrected chi connectivity index (χ3v) is 2.76. The van der Waals surface area contributed by atoms with Crippen molar-refractivity contribution in [2.45, 2.75) is 13.0 Å². The smallest absolute Gasteiger partial charge is 0.311 e. The van der Waals surface area contributed by atoms with Gasteiger partial charge in [0.1, 0.15) is 5.82 Å². The lowest BCUT2D eigenvalue weighted by Gasteiger charge is -2.14. The van der Waals surface area contributed by atoms with E-state index in [9.17, 15) is 10.1 Å². The van der Waals surface area contributed by atoms with Crippen LogP contribution in [0.1, 0.15) is 18.5 Å². The third-order valence-electron chi connectivity index (χ3n) is 2.76. The second kappa shape index (κ2) is 5.34. The molecule has 0 saturated heterocycles. The van der Waals surface area contributed by atoms with E-state index in [-0.39, 0.29) is 17.5 Å². The van der Waals surface area contributed by atoms with Crippen LogP contribution in [0.5, 0.6) is 0 Å². The number of nitrogen functional groups attached to an aromatic ring is 1. The van der Waals surface area contributed by atoms with Gasteiger partial charge in [0.05, 0.1) is 4.92 Å². The van der Waals surface area contributed by atoms with Gasteiger partial charge >= 0.3 is 5.69 Å². The van der Waals surface area contributed by atoms with Crippen LogP contribution >= 0.6 is 0 Å². The minimum Gasteiger partial charge on any atom is -0.378 e. The van der Waals surface area contributed by atoms with E-state index in [1.165, 1.54) is 6.07 Å². The Morgan fingerprint density at radius 3 is 2.53 bits per heavy atom. The van der Waals surface area contributed by atoms with Crippen molar-refractivity contribution in [3.63, 3.8) is 0 Å². The predicted octanol–water partition coefficient (Wildman–Crippen LogP) is 2.75. The van der Waals surface area contributed by atoms with E-state index in [2.05, 4.69) is 10.3 Å². The predicted molar refractivity (Wildman–Crippen MR) is 73.8 cm³/mol. The minimum atomic E-state index is -0.549. The number of aromatic nitrogens is 1. The molecule has 0 fully saturated rings. The fourth-order valence-corrected chi connectivity index (χ4v) is 1.75. The number of benzene rings is 1. The van der Waals surface area contributed by atoms with Crippen LogP contribution in [0.2, 0.25) is 0 Å². The van der Waals surface area contributed by atoms with Gasteiger partial charge in [0, 0.05) is 12.1 Å². The fraction of sp³-hybridized carbons (Fsp3) is 0.154. The molecule has 6 heteroatoms. The highest BCUT2D eigenvalue weighted by molar-refractivity contribution is 5.57. The number of anilines is 2. The van der Waals surface area contributed by atoms with E-state index >= 15 is 0 Å². The van der Waals surface area contributed by atoms with Crippen LogP contribution in [0.25, 0.3) is 0 Å². The molecule has 0 amide bonds. The lowest BCUT2D eigenvalue weighted by molar-refractivity contribution is -0.384. The number of hydrogen-bond acceptors (Lipinski definition) is 5. The SMILES string of the molecule is CC(Nc1ccc([N+](=O)[O-])c(N)n1)c1ccccc1. The Hall–Kier alpha value is -2.63. The summed E-state index contributed by atoms with van der Waals surface area (Å²) < 4.78 is 0. The minimum absolute atomic E-state index is 0.0366. The van der Waals surface area contributed by atoms with Gasteiger partial charge in [-0.15, -0.1) is 0 Å². The Balaban J connectivity index is 2.16. The fourth-order valence-electron chi connectivity index (χ4n) is 1.75. The van der Waals surface area contributed by atoms with Gasteiger partial charge in [-0.25, -0.2) is 4.98 Å². The molecule has 0 aliphatic carbocycles. The molecule has 3 N–H and O–H groups in total. The van der Waals surface area contributed by atoms with Gasteiger partial charge in [0.2, 0.25) is 5.82 Å². The van der Waals surface area contributed by atoms with E-state index < -0.39 is 4.92 Å². The number of nitrogens with zero attached hydrogens (tertiary/aromatic N) is 2. The Labute approximate surface area is 110 Å². The molecule has 1 aromatic heterocycles. The largest absolute Gasteiger partial charge is 0.378 e. The number of nitro groups is 1. The summed E-state index contributed by atoms with van der Waals surface area (Å²) >= 11 is 0. The third kappa shape index (κ3) is 2.98. The summed E-state index contributed by atoms with van der Waals surface area (Å²) in [6, 6.07) is 12.8. The van der Waals surface area contributed by atoms with Crippen molar-refractivity contribution in [2.75, 3.05) is 11.1 Å². The first-order chi connectivity index (χ1) is 9.08. The van der Waals surface area contributed by atoms with Gasteiger partial charge in [0.25, 0.3) is 0 Å². The van der Waals surface area contributed by atoms with Gasteiger partial charge in [-0.1, -0.05) is 30.3 Å². The molecular weight excluding hydrogens is 244 g/mol. The normalized spacial score (nSPS) is 11.8. The lowest BCUT2D eigenvalue weighted by atomic mass is 10.1. The molecule has 1 aromatic carbocycles. The van der Waals surface area contributed by atoms with Crippen LogP contribution in [-0.4, -0.2) is 9.91 Å². The molecule has 0 bridgehead atoms. The molecule has 1 heterocycles. The van der Waals surface area contributed by atoms with E-state index in [4.69, 9.17) is 5.73 Å². The lowest BCUT2D eigenvalue weighted by Crippen LogP contribution is -2.09. The maximum absolute atomic E-state index is 10.6.